The molecule has 0 spiro atoms. The molecule has 0 unspecified atom stereocenters. The molecule has 2 aromatic rings. The van der Waals surface area contributed by atoms with Crippen LogP contribution in [0.15, 0.2) is 53.4 Å². The minimum atomic E-state index is -3.60. The van der Waals surface area contributed by atoms with Crippen LogP contribution in [0.3, 0.4) is 0 Å². The van der Waals surface area contributed by atoms with Gasteiger partial charge in [0.25, 0.3) is 0 Å². The number of hydrogen-bond acceptors (Lipinski definition) is 2. The van der Waals surface area contributed by atoms with Crippen molar-refractivity contribution in [3.05, 3.63) is 65.7 Å². The Kier molecular flexibility index (Phi) is 4.46. The van der Waals surface area contributed by atoms with E-state index in [0.29, 0.717) is 0 Å². The summed E-state index contributed by atoms with van der Waals surface area (Å²) >= 11 is 0. The Balaban J connectivity index is 1.99. The van der Waals surface area contributed by atoms with Crippen LogP contribution < -0.4 is 4.72 Å². The molecule has 0 saturated heterocycles. The summed E-state index contributed by atoms with van der Waals surface area (Å²) in [6.45, 7) is 0.0414. The molecule has 1 N–H and O–H groups in total. The molecule has 0 amide bonds. The smallest absolute Gasteiger partial charge is 0.211 e. The Labute approximate surface area is 116 Å². The van der Waals surface area contributed by atoms with Gasteiger partial charge < -0.3 is 0 Å². The molecule has 2 rings (SSSR count). The zero-order valence-corrected chi connectivity index (χ0v) is 11.3. The van der Waals surface area contributed by atoms with Gasteiger partial charge in [0.15, 0.2) is 0 Å². The standard InChI is InChI=1S/C14H13F2NO2S/c15-12-7-6-11(14(16)10-12)8-9-17-20(18,19)13-4-2-1-3-5-13/h1-7,10,17H,8-9H2. The Morgan fingerprint density at radius 3 is 2.35 bits per heavy atom. The molecule has 0 aliphatic rings. The van der Waals surface area contributed by atoms with Gasteiger partial charge in [0.05, 0.1) is 4.90 Å². The molecule has 0 bridgehead atoms. The largest absolute Gasteiger partial charge is 0.240 e. The van der Waals surface area contributed by atoms with Crippen LogP contribution in [0.4, 0.5) is 8.78 Å². The van der Waals surface area contributed by atoms with Crippen LogP contribution in [0.25, 0.3) is 0 Å². The maximum Gasteiger partial charge on any atom is 0.240 e. The molecule has 0 heterocycles. The summed E-state index contributed by atoms with van der Waals surface area (Å²) in [6.07, 6.45) is 0.151. The number of rotatable bonds is 5. The second kappa shape index (κ2) is 6.11. The van der Waals surface area contributed by atoms with Gasteiger partial charge in [-0.2, -0.15) is 0 Å². The van der Waals surface area contributed by atoms with Crippen molar-refractivity contribution >= 4 is 10.0 Å². The zero-order chi connectivity index (χ0) is 14.6. The SMILES string of the molecule is O=S(=O)(NCCc1ccc(F)cc1F)c1ccccc1. The first-order chi connectivity index (χ1) is 9.49. The van der Waals surface area contributed by atoms with Gasteiger partial charge in [-0.1, -0.05) is 24.3 Å². The van der Waals surface area contributed by atoms with Crippen LogP contribution in [0.2, 0.25) is 0 Å². The third-order valence-corrected chi connectivity index (χ3v) is 4.23. The lowest BCUT2D eigenvalue weighted by Gasteiger charge is -2.07. The fraction of sp³-hybridized carbons (Fsp3) is 0.143. The third-order valence-electron chi connectivity index (χ3n) is 2.76. The summed E-state index contributed by atoms with van der Waals surface area (Å²) < 4.78 is 52.3. The van der Waals surface area contributed by atoms with E-state index >= 15 is 0 Å². The van der Waals surface area contributed by atoms with Crippen LogP contribution in [0.5, 0.6) is 0 Å². The molecular formula is C14H13F2NO2S. The van der Waals surface area contributed by atoms with Crippen LogP contribution in [-0.2, 0) is 16.4 Å². The van der Waals surface area contributed by atoms with E-state index in [0.717, 1.165) is 12.1 Å². The Bertz CT molecular complexity index is 688. The number of benzene rings is 2. The molecule has 106 valence electrons. The second-order valence-electron chi connectivity index (χ2n) is 4.20. The lowest BCUT2D eigenvalue weighted by molar-refractivity contribution is 0.565. The van der Waals surface area contributed by atoms with Crippen molar-refractivity contribution in [2.24, 2.45) is 0 Å². The molecule has 3 nitrogen and oxygen atoms in total. The highest BCUT2D eigenvalue weighted by molar-refractivity contribution is 7.89. The fourth-order valence-corrected chi connectivity index (χ4v) is 2.78. The topological polar surface area (TPSA) is 46.2 Å². The maximum atomic E-state index is 13.4. The quantitative estimate of drug-likeness (QED) is 0.921. The van der Waals surface area contributed by atoms with Crippen molar-refractivity contribution in [3.8, 4) is 0 Å². The summed E-state index contributed by atoms with van der Waals surface area (Å²) in [6, 6.07) is 11.1. The summed E-state index contributed by atoms with van der Waals surface area (Å²) in [5, 5.41) is 0. The first-order valence-corrected chi connectivity index (χ1v) is 7.46. The predicted octanol–water partition coefficient (Wildman–Crippen LogP) is 2.49. The zero-order valence-electron chi connectivity index (χ0n) is 10.5. The average molecular weight is 297 g/mol. The van der Waals surface area contributed by atoms with Gasteiger partial charge in [-0.15, -0.1) is 0 Å². The van der Waals surface area contributed by atoms with Crippen LogP contribution in [0, 0.1) is 11.6 Å². The first-order valence-electron chi connectivity index (χ1n) is 5.98. The van der Waals surface area contributed by atoms with E-state index in [4.69, 9.17) is 0 Å². The molecule has 2 aromatic carbocycles. The van der Waals surface area contributed by atoms with E-state index in [1.807, 2.05) is 0 Å². The Morgan fingerprint density at radius 1 is 1.00 bits per heavy atom. The average Bonchev–Trinajstić information content (AvgIpc) is 2.42. The lowest BCUT2D eigenvalue weighted by atomic mass is 10.1. The molecule has 20 heavy (non-hydrogen) atoms. The van der Waals surface area contributed by atoms with Gasteiger partial charge in [0.2, 0.25) is 10.0 Å². The molecule has 0 aromatic heterocycles. The van der Waals surface area contributed by atoms with E-state index < -0.39 is 21.7 Å². The van der Waals surface area contributed by atoms with Gasteiger partial charge in [0.1, 0.15) is 11.6 Å². The first kappa shape index (κ1) is 14.6. The van der Waals surface area contributed by atoms with E-state index in [-0.39, 0.29) is 23.4 Å². The van der Waals surface area contributed by atoms with Crippen molar-refractivity contribution in [2.75, 3.05) is 6.54 Å². The number of halogens is 2. The van der Waals surface area contributed by atoms with Gasteiger partial charge >= 0.3 is 0 Å². The highest BCUT2D eigenvalue weighted by atomic mass is 32.2. The van der Waals surface area contributed by atoms with E-state index in [9.17, 15) is 17.2 Å². The van der Waals surface area contributed by atoms with E-state index in [1.165, 1.54) is 18.2 Å². The van der Waals surface area contributed by atoms with E-state index in [1.54, 1.807) is 18.2 Å². The number of nitrogens with one attached hydrogen (secondary N) is 1. The Morgan fingerprint density at radius 2 is 1.70 bits per heavy atom. The Hall–Kier alpha value is -1.79. The highest BCUT2D eigenvalue weighted by Gasteiger charge is 2.13. The molecule has 0 atom stereocenters. The second-order valence-corrected chi connectivity index (χ2v) is 5.96. The monoisotopic (exact) mass is 297 g/mol. The summed E-state index contributed by atoms with van der Waals surface area (Å²) in [4.78, 5) is 0.152. The highest BCUT2D eigenvalue weighted by Crippen LogP contribution is 2.11. The van der Waals surface area contributed by atoms with Crippen molar-refractivity contribution in [1.29, 1.82) is 0 Å². The number of hydrogen-bond donors (Lipinski definition) is 1. The van der Waals surface area contributed by atoms with Crippen molar-refractivity contribution < 1.29 is 17.2 Å². The van der Waals surface area contributed by atoms with Crippen LogP contribution in [0.1, 0.15) is 5.56 Å². The number of sulfonamides is 1. The molecular weight excluding hydrogens is 284 g/mol. The molecule has 0 saturated carbocycles. The molecule has 6 heteroatoms. The minimum Gasteiger partial charge on any atom is -0.211 e. The third kappa shape index (κ3) is 3.61. The van der Waals surface area contributed by atoms with Crippen molar-refractivity contribution in [3.63, 3.8) is 0 Å². The van der Waals surface area contributed by atoms with Crippen molar-refractivity contribution in [1.82, 2.24) is 4.72 Å². The lowest BCUT2D eigenvalue weighted by Crippen LogP contribution is -2.26. The van der Waals surface area contributed by atoms with Gasteiger partial charge in [0, 0.05) is 12.6 Å². The normalized spacial score (nSPS) is 11.5. The van der Waals surface area contributed by atoms with Gasteiger partial charge in [-0.05, 0) is 30.2 Å². The summed E-state index contributed by atoms with van der Waals surface area (Å²) in [5.41, 5.74) is 0.266. The molecule has 0 aliphatic carbocycles. The predicted molar refractivity (Wildman–Crippen MR) is 71.7 cm³/mol. The van der Waals surface area contributed by atoms with E-state index in [2.05, 4.69) is 4.72 Å². The molecule has 0 fully saturated rings. The summed E-state index contributed by atoms with van der Waals surface area (Å²) in [5.74, 6) is -1.33. The van der Waals surface area contributed by atoms with Crippen LogP contribution in [-0.4, -0.2) is 15.0 Å². The minimum absolute atomic E-state index is 0.0414. The van der Waals surface area contributed by atoms with Crippen molar-refractivity contribution in [2.45, 2.75) is 11.3 Å². The fourth-order valence-electron chi connectivity index (χ4n) is 1.73. The van der Waals surface area contributed by atoms with Gasteiger partial charge in [-0.3, -0.25) is 0 Å². The van der Waals surface area contributed by atoms with Crippen LogP contribution >= 0.6 is 0 Å². The maximum absolute atomic E-state index is 13.4. The van der Waals surface area contributed by atoms with Gasteiger partial charge in [-0.25, -0.2) is 21.9 Å². The summed E-state index contributed by atoms with van der Waals surface area (Å²) in [7, 11) is -3.60. The molecule has 0 aliphatic heterocycles. The molecule has 0 radical (unpaired) electrons.